The normalized spacial score (nSPS) is 15.2. The number of carbonyl (C=O) groups is 2. The maximum absolute atomic E-state index is 12.9. The van der Waals surface area contributed by atoms with Crippen molar-refractivity contribution in [3.8, 4) is 11.5 Å². The molecule has 1 aliphatic rings. The average molecular weight is 677 g/mol. The van der Waals surface area contributed by atoms with Gasteiger partial charge in [-0.25, -0.2) is 0 Å². The topological polar surface area (TPSA) is 55.8 Å². The maximum atomic E-state index is 12.9. The van der Waals surface area contributed by atoms with Crippen molar-refractivity contribution in [2.24, 2.45) is 0 Å². The van der Waals surface area contributed by atoms with Crippen LogP contribution in [-0.2, 0) is 4.79 Å². The van der Waals surface area contributed by atoms with Gasteiger partial charge in [0.15, 0.2) is 0 Å². The van der Waals surface area contributed by atoms with Gasteiger partial charge >= 0.3 is 0 Å². The van der Waals surface area contributed by atoms with E-state index in [0.717, 1.165) is 47.1 Å². The summed E-state index contributed by atoms with van der Waals surface area (Å²) < 4.78 is 13.8. The molecule has 2 aromatic rings. The van der Waals surface area contributed by atoms with E-state index in [9.17, 15) is 9.59 Å². The van der Waals surface area contributed by atoms with E-state index in [0.29, 0.717) is 17.4 Å². The number of thioether (sulfide) groups is 1. The highest BCUT2D eigenvalue weighted by molar-refractivity contribution is 14.1. The molecular weight excluding hydrogens is 652 g/mol. The Morgan fingerprint density at radius 1 is 1.12 bits per heavy atom. The van der Waals surface area contributed by atoms with Gasteiger partial charge in [-0.15, -0.1) is 0 Å². The molecule has 0 aliphatic carbocycles. The first-order valence-corrected chi connectivity index (χ1v) is 13.3. The second-order valence-electron chi connectivity index (χ2n) is 7.62. The van der Waals surface area contributed by atoms with Crippen LogP contribution >= 0.6 is 56.9 Å². The zero-order valence-corrected chi connectivity index (χ0v) is 23.5. The second kappa shape index (κ2) is 11.2. The van der Waals surface area contributed by atoms with E-state index >= 15 is 0 Å². The molecule has 1 fully saturated rings. The number of hydrogen-bond donors (Lipinski definition) is 0. The van der Waals surface area contributed by atoms with Crippen molar-refractivity contribution >= 4 is 74.2 Å². The molecule has 0 aromatic heterocycles. The molecule has 8 heteroatoms. The summed E-state index contributed by atoms with van der Waals surface area (Å²) >= 11 is 5.41. The molecule has 5 nitrogen and oxygen atoms in total. The molecule has 3 rings (SSSR count). The molecule has 1 saturated heterocycles. The molecule has 1 aliphatic heterocycles. The van der Waals surface area contributed by atoms with E-state index in [1.54, 1.807) is 6.08 Å². The van der Waals surface area contributed by atoms with E-state index in [-0.39, 0.29) is 24.3 Å². The largest absolute Gasteiger partial charge is 0.492 e. The highest BCUT2D eigenvalue weighted by Gasteiger charge is 2.35. The molecule has 0 bridgehead atoms. The molecule has 0 radical (unpaired) electrons. The lowest BCUT2D eigenvalue weighted by molar-refractivity contribution is -0.123. The Morgan fingerprint density at radius 2 is 1.88 bits per heavy atom. The minimum Gasteiger partial charge on any atom is -0.492 e. The van der Waals surface area contributed by atoms with Crippen LogP contribution in [0.4, 0.5) is 4.79 Å². The van der Waals surface area contributed by atoms with Gasteiger partial charge in [0.25, 0.3) is 11.1 Å². The quantitative estimate of drug-likeness (QED) is 0.226. The van der Waals surface area contributed by atoms with Crippen molar-refractivity contribution in [1.82, 2.24) is 4.90 Å². The van der Waals surface area contributed by atoms with Gasteiger partial charge in [-0.3, -0.25) is 14.5 Å². The molecule has 0 spiro atoms. The number of amides is 2. The van der Waals surface area contributed by atoms with Crippen LogP contribution in [0.3, 0.4) is 0 Å². The van der Waals surface area contributed by atoms with Crippen LogP contribution in [0.15, 0.2) is 35.2 Å². The Kier molecular flexibility index (Phi) is 8.90. The van der Waals surface area contributed by atoms with Crippen molar-refractivity contribution in [3.05, 3.63) is 59.1 Å². The van der Waals surface area contributed by atoms with Gasteiger partial charge < -0.3 is 9.47 Å². The molecule has 32 heavy (non-hydrogen) atoms. The lowest BCUT2D eigenvalue weighted by Crippen LogP contribution is -2.32. The number of imide groups is 1. The SMILES string of the molecule is CCOc1c(I)cc(I)cc1/C=C1\SC(=O)N(CCOc2cc(C)ccc2C(C)C)C1=O. The third kappa shape index (κ3) is 5.99. The van der Waals surface area contributed by atoms with Gasteiger partial charge in [-0.1, -0.05) is 26.0 Å². The zero-order valence-electron chi connectivity index (χ0n) is 18.4. The second-order valence-corrected chi connectivity index (χ2v) is 11.0. The molecule has 170 valence electrons. The van der Waals surface area contributed by atoms with Crippen LogP contribution in [0.5, 0.6) is 11.5 Å². The smallest absolute Gasteiger partial charge is 0.293 e. The van der Waals surface area contributed by atoms with Crippen molar-refractivity contribution in [3.63, 3.8) is 0 Å². The van der Waals surface area contributed by atoms with Crippen LogP contribution in [-0.4, -0.2) is 35.8 Å². The molecular formula is C24H25I2NO4S. The van der Waals surface area contributed by atoms with Crippen molar-refractivity contribution in [2.75, 3.05) is 19.8 Å². The third-order valence-corrected chi connectivity index (χ3v) is 7.18. The van der Waals surface area contributed by atoms with E-state index in [1.165, 1.54) is 4.90 Å². The van der Waals surface area contributed by atoms with Crippen LogP contribution < -0.4 is 9.47 Å². The Balaban J connectivity index is 1.75. The van der Waals surface area contributed by atoms with Gasteiger partial charge in [-0.2, -0.15) is 0 Å². The first-order chi connectivity index (χ1) is 15.2. The Morgan fingerprint density at radius 3 is 2.56 bits per heavy atom. The molecule has 0 N–H and O–H groups in total. The summed E-state index contributed by atoms with van der Waals surface area (Å²) in [5.41, 5.74) is 3.02. The van der Waals surface area contributed by atoms with E-state index in [1.807, 2.05) is 32.0 Å². The first-order valence-electron chi connectivity index (χ1n) is 10.3. The number of aryl methyl sites for hydroxylation is 1. The standard InChI is InChI=1S/C24H25I2NO4S/c1-5-30-22-16(11-17(25)13-19(22)26)12-21-23(28)27(24(29)32-21)8-9-31-20-10-15(4)6-7-18(20)14(2)3/h6-7,10-14H,5,8-9H2,1-4H3/b21-12-. The molecule has 0 saturated carbocycles. The molecule has 0 atom stereocenters. The minimum atomic E-state index is -0.298. The lowest BCUT2D eigenvalue weighted by Gasteiger charge is -2.17. The summed E-state index contributed by atoms with van der Waals surface area (Å²) in [6.07, 6.45) is 1.75. The Hall–Kier alpha value is -1.27. The number of rotatable bonds is 8. The Bertz CT molecular complexity index is 1070. The Labute approximate surface area is 220 Å². The number of halogens is 2. The maximum Gasteiger partial charge on any atom is 0.293 e. The van der Waals surface area contributed by atoms with E-state index < -0.39 is 0 Å². The van der Waals surface area contributed by atoms with E-state index in [2.05, 4.69) is 71.2 Å². The summed E-state index contributed by atoms with van der Waals surface area (Å²) in [7, 11) is 0. The summed E-state index contributed by atoms with van der Waals surface area (Å²) in [6, 6.07) is 10.1. The van der Waals surface area contributed by atoms with Gasteiger partial charge in [0, 0.05) is 9.13 Å². The van der Waals surface area contributed by atoms with Crippen LogP contribution in [0.2, 0.25) is 0 Å². The fourth-order valence-electron chi connectivity index (χ4n) is 3.31. The van der Waals surface area contributed by atoms with Crippen molar-refractivity contribution in [2.45, 2.75) is 33.6 Å². The van der Waals surface area contributed by atoms with Gasteiger partial charge in [-0.05, 0) is 112 Å². The van der Waals surface area contributed by atoms with Crippen molar-refractivity contribution < 1.29 is 19.1 Å². The highest BCUT2D eigenvalue weighted by atomic mass is 127. The highest BCUT2D eigenvalue weighted by Crippen LogP contribution is 2.36. The predicted octanol–water partition coefficient (Wildman–Crippen LogP) is 6.84. The minimum absolute atomic E-state index is 0.204. The number of hydrogen-bond acceptors (Lipinski definition) is 5. The fourth-order valence-corrected chi connectivity index (χ4v) is 6.21. The van der Waals surface area contributed by atoms with Crippen molar-refractivity contribution in [1.29, 1.82) is 0 Å². The molecule has 1 heterocycles. The molecule has 2 amide bonds. The third-order valence-electron chi connectivity index (χ3n) is 4.85. The lowest BCUT2D eigenvalue weighted by atomic mass is 10.0. The van der Waals surface area contributed by atoms with Crippen LogP contribution in [0, 0.1) is 14.1 Å². The summed E-state index contributed by atoms with van der Waals surface area (Å²) in [4.78, 5) is 27.1. The van der Waals surface area contributed by atoms with Gasteiger partial charge in [0.1, 0.15) is 18.1 Å². The van der Waals surface area contributed by atoms with Crippen LogP contribution in [0.25, 0.3) is 6.08 Å². The van der Waals surface area contributed by atoms with E-state index in [4.69, 9.17) is 9.47 Å². The van der Waals surface area contributed by atoms with Gasteiger partial charge in [0.05, 0.1) is 21.6 Å². The predicted molar refractivity (Wildman–Crippen MR) is 146 cm³/mol. The summed E-state index contributed by atoms with van der Waals surface area (Å²) in [5.74, 6) is 1.55. The number of carbonyl (C=O) groups excluding carboxylic acids is 2. The fraction of sp³-hybridized carbons (Fsp3) is 0.333. The summed E-state index contributed by atoms with van der Waals surface area (Å²) in [6.45, 7) is 9.14. The molecule has 2 aromatic carbocycles. The van der Waals surface area contributed by atoms with Gasteiger partial charge in [0.2, 0.25) is 0 Å². The zero-order chi connectivity index (χ0) is 23.4. The number of benzene rings is 2. The first kappa shape index (κ1) is 25.4. The number of nitrogens with zero attached hydrogens (tertiary/aromatic N) is 1. The van der Waals surface area contributed by atoms with Crippen LogP contribution in [0.1, 0.15) is 43.4 Å². The molecule has 0 unspecified atom stereocenters. The monoisotopic (exact) mass is 677 g/mol. The number of ether oxygens (including phenoxy) is 2. The average Bonchev–Trinajstić information content (AvgIpc) is 2.97. The summed E-state index contributed by atoms with van der Waals surface area (Å²) in [5, 5.41) is -0.281.